The van der Waals surface area contributed by atoms with E-state index in [1.165, 1.54) is 63.3 Å². The van der Waals surface area contributed by atoms with Gasteiger partial charge in [-0.2, -0.15) is 0 Å². The molecule has 0 bridgehead atoms. The molecule has 1 amide bonds. The third-order valence-electron chi connectivity index (χ3n) is 6.64. The van der Waals surface area contributed by atoms with Crippen molar-refractivity contribution in [2.24, 2.45) is 5.92 Å². The molecule has 0 unspecified atom stereocenters. The van der Waals surface area contributed by atoms with Gasteiger partial charge in [-0.15, -0.1) is 0 Å². The molecule has 1 aliphatic carbocycles. The van der Waals surface area contributed by atoms with Gasteiger partial charge in [0.15, 0.2) is 5.82 Å². The molecule has 39 heavy (non-hydrogen) atoms. The van der Waals surface area contributed by atoms with Gasteiger partial charge in [0, 0.05) is 35.3 Å². The van der Waals surface area contributed by atoms with Gasteiger partial charge >= 0.3 is 0 Å². The number of hydrogen-bond acceptors (Lipinski definition) is 6. The smallest absolute Gasteiger partial charge is 0.274 e. The molecule has 9 heteroatoms. The second-order valence-electron chi connectivity index (χ2n) is 9.48. The summed E-state index contributed by atoms with van der Waals surface area (Å²) in [5, 5.41) is 2.55. The number of carbonyl (C=O) groups is 1. The lowest BCUT2D eigenvalue weighted by Crippen LogP contribution is -2.16. The van der Waals surface area contributed by atoms with Crippen molar-refractivity contribution < 1.29 is 18.3 Å². The van der Waals surface area contributed by atoms with Crippen molar-refractivity contribution >= 4 is 17.3 Å². The van der Waals surface area contributed by atoms with Crippen LogP contribution in [0.4, 0.5) is 20.2 Å². The van der Waals surface area contributed by atoms with Gasteiger partial charge in [0.2, 0.25) is 0 Å². The maximum absolute atomic E-state index is 14.8. The van der Waals surface area contributed by atoms with Crippen molar-refractivity contribution in [2.45, 2.75) is 39.5 Å². The molecule has 3 N–H and O–H groups in total. The molecule has 0 saturated heterocycles. The number of benzene rings is 2. The Morgan fingerprint density at radius 3 is 2.44 bits per heavy atom. The molecule has 2 aromatic carbocycles. The molecule has 2 heterocycles. The zero-order valence-corrected chi connectivity index (χ0v) is 22.2. The fraction of sp³-hybridized carbons (Fsp3) is 0.267. The van der Waals surface area contributed by atoms with E-state index in [0.29, 0.717) is 11.3 Å². The highest BCUT2D eigenvalue weighted by Crippen LogP contribution is 2.32. The van der Waals surface area contributed by atoms with Crippen molar-refractivity contribution in [1.29, 1.82) is 0 Å². The first-order valence-corrected chi connectivity index (χ1v) is 12.8. The summed E-state index contributed by atoms with van der Waals surface area (Å²) in [6.07, 6.45) is 8.88. The molecule has 5 rings (SSSR count). The summed E-state index contributed by atoms with van der Waals surface area (Å²) in [4.78, 5) is 25.2. The topological polar surface area (TPSA) is 103 Å². The molecule has 1 aliphatic rings. The fourth-order valence-electron chi connectivity index (χ4n) is 4.49. The van der Waals surface area contributed by atoms with Crippen molar-refractivity contribution in [2.75, 3.05) is 18.2 Å². The van der Waals surface area contributed by atoms with Crippen LogP contribution in [-0.2, 0) is 0 Å². The van der Waals surface area contributed by atoms with E-state index in [0.717, 1.165) is 12.0 Å². The Morgan fingerprint density at radius 2 is 1.77 bits per heavy atom. The number of carbonyl (C=O) groups excluding carboxylic acids is 1. The van der Waals surface area contributed by atoms with Crippen LogP contribution in [0.5, 0.6) is 5.75 Å². The molecule has 1 fully saturated rings. The normalized spacial score (nSPS) is 12.9. The van der Waals surface area contributed by atoms with Gasteiger partial charge in [-0.1, -0.05) is 44.7 Å². The van der Waals surface area contributed by atoms with Crippen LogP contribution in [0.3, 0.4) is 0 Å². The minimum absolute atomic E-state index is 0.0244. The summed E-state index contributed by atoms with van der Waals surface area (Å²) >= 11 is 0. The molecule has 7 nitrogen and oxygen atoms in total. The molecule has 0 spiro atoms. The number of halogens is 2. The molecular weight excluding hydrogens is 500 g/mol. The van der Waals surface area contributed by atoms with E-state index in [9.17, 15) is 13.6 Å². The van der Waals surface area contributed by atoms with Crippen LogP contribution in [0.25, 0.3) is 22.5 Å². The fourth-order valence-corrected chi connectivity index (χ4v) is 4.49. The number of methoxy groups -OCH3 is 1. The molecular formula is C30H31F2N5O2. The van der Waals surface area contributed by atoms with E-state index in [-0.39, 0.29) is 39.8 Å². The minimum Gasteiger partial charge on any atom is -0.496 e. The average molecular weight is 532 g/mol. The quantitative estimate of drug-likeness (QED) is 0.274. The Balaban J connectivity index is 0.000000519. The maximum Gasteiger partial charge on any atom is 0.274 e. The van der Waals surface area contributed by atoms with Gasteiger partial charge in [-0.3, -0.25) is 9.78 Å². The standard InChI is InChI=1S/C24H19F2N5O2.C6H12/c1-13-14(5-4-9-28-13)15-11-18(27)20(12-17(15)26)31-24(32)19-8-10-29-23(30-19)22-16(25)6-3-7-21(22)33-2;1-6-4-2-3-5-6/h3-12H,27H2,1-2H3,(H,31,32);6H,2-5H2,1H3. The molecule has 0 aliphatic heterocycles. The average Bonchev–Trinajstić information content (AvgIpc) is 3.42. The molecule has 0 radical (unpaired) electrons. The predicted octanol–water partition coefficient (Wildman–Crippen LogP) is 6.83. The highest BCUT2D eigenvalue weighted by Gasteiger charge is 2.19. The first-order chi connectivity index (χ1) is 18.8. The Bertz CT molecular complexity index is 1470. The zero-order chi connectivity index (χ0) is 27.9. The monoisotopic (exact) mass is 531 g/mol. The largest absolute Gasteiger partial charge is 0.496 e. The summed E-state index contributed by atoms with van der Waals surface area (Å²) in [7, 11) is 1.39. The second kappa shape index (κ2) is 12.4. The Labute approximate surface area is 226 Å². The number of ether oxygens (including phenoxy) is 1. The Kier molecular flexibility index (Phi) is 8.81. The van der Waals surface area contributed by atoms with Crippen LogP contribution in [0.1, 0.15) is 48.8 Å². The van der Waals surface area contributed by atoms with Crippen LogP contribution in [0.15, 0.2) is 60.9 Å². The van der Waals surface area contributed by atoms with Crippen molar-refractivity contribution in [1.82, 2.24) is 15.0 Å². The third kappa shape index (κ3) is 6.54. The first kappa shape index (κ1) is 27.6. The molecule has 1 saturated carbocycles. The number of aromatic nitrogens is 3. The summed E-state index contributed by atoms with van der Waals surface area (Å²) in [5.74, 6) is -0.593. The third-order valence-corrected chi connectivity index (χ3v) is 6.64. The molecule has 0 atom stereocenters. The number of aryl methyl sites for hydroxylation is 1. The summed E-state index contributed by atoms with van der Waals surface area (Å²) < 4.78 is 34.4. The number of nitrogens with one attached hydrogen (secondary N) is 1. The van der Waals surface area contributed by atoms with Gasteiger partial charge in [0.25, 0.3) is 5.91 Å². The highest BCUT2D eigenvalue weighted by atomic mass is 19.1. The highest BCUT2D eigenvalue weighted by molar-refractivity contribution is 6.05. The maximum atomic E-state index is 14.8. The van der Waals surface area contributed by atoms with Crippen molar-refractivity contribution in [3.63, 3.8) is 0 Å². The number of hydrogen-bond donors (Lipinski definition) is 2. The van der Waals surface area contributed by atoms with Crippen molar-refractivity contribution in [3.8, 4) is 28.3 Å². The molecule has 2 aromatic heterocycles. The van der Waals surface area contributed by atoms with Crippen LogP contribution in [0.2, 0.25) is 0 Å². The van der Waals surface area contributed by atoms with E-state index < -0.39 is 17.5 Å². The van der Waals surface area contributed by atoms with Crippen LogP contribution < -0.4 is 15.8 Å². The van der Waals surface area contributed by atoms with Gasteiger partial charge in [0.1, 0.15) is 23.1 Å². The number of nitrogen functional groups attached to an aromatic ring is 1. The summed E-state index contributed by atoms with van der Waals surface area (Å²) in [5.41, 5.74) is 7.79. The Morgan fingerprint density at radius 1 is 1.00 bits per heavy atom. The lowest BCUT2D eigenvalue weighted by Gasteiger charge is -2.13. The van der Waals surface area contributed by atoms with Crippen LogP contribution in [-0.4, -0.2) is 28.0 Å². The van der Waals surface area contributed by atoms with E-state index in [1.54, 1.807) is 31.3 Å². The van der Waals surface area contributed by atoms with Gasteiger partial charge in [0.05, 0.1) is 24.0 Å². The number of rotatable bonds is 5. The molecule has 202 valence electrons. The lowest BCUT2D eigenvalue weighted by molar-refractivity contribution is 0.102. The minimum atomic E-state index is -0.662. The number of nitrogens with zero attached hydrogens (tertiary/aromatic N) is 3. The van der Waals surface area contributed by atoms with E-state index in [2.05, 4.69) is 27.2 Å². The van der Waals surface area contributed by atoms with Gasteiger partial charge in [-0.25, -0.2) is 18.7 Å². The van der Waals surface area contributed by atoms with E-state index >= 15 is 0 Å². The number of pyridine rings is 1. The number of amides is 1. The second-order valence-corrected chi connectivity index (χ2v) is 9.48. The lowest BCUT2D eigenvalue weighted by atomic mass is 10.0. The number of anilines is 2. The first-order valence-electron chi connectivity index (χ1n) is 12.8. The van der Waals surface area contributed by atoms with Gasteiger partial charge < -0.3 is 15.8 Å². The van der Waals surface area contributed by atoms with Gasteiger partial charge in [-0.05, 0) is 43.2 Å². The van der Waals surface area contributed by atoms with Crippen LogP contribution >= 0.6 is 0 Å². The summed E-state index contributed by atoms with van der Waals surface area (Å²) in [6, 6.07) is 11.6. The summed E-state index contributed by atoms with van der Waals surface area (Å²) in [6.45, 7) is 4.10. The van der Waals surface area contributed by atoms with E-state index in [1.807, 2.05) is 0 Å². The Hall–Kier alpha value is -4.40. The zero-order valence-electron chi connectivity index (χ0n) is 22.2. The van der Waals surface area contributed by atoms with Crippen molar-refractivity contribution in [3.05, 3.63) is 83.9 Å². The number of nitrogens with two attached hydrogens (primary N) is 1. The predicted molar refractivity (Wildman–Crippen MR) is 148 cm³/mol. The van der Waals surface area contributed by atoms with Crippen LogP contribution in [0, 0.1) is 24.5 Å². The SMILES string of the molecule is CC1CCCC1.COc1cccc(F)c1-c1nccc(C(=O)Nc2cc(F)c(-c3cccnc3C)cc2N)n1. The molecule has 4 aromatic rings. The van der Waals surface area contributed by atoms with E-state index in [4.69, 9.17) is 10.5 Å².